The van der Waals surface area contributed by atoms with Crippen molar-refractivity contribution in [3.05, 3.63) is 12.2 Å². The topological polar surface area (TPSA) is 119 Å². The molecule has 1 amide bonds. The average Bonchev–Trinajstić information content (AvgIpc) is 2.32. The summed E-state index contributed by atoms with van der Waals surface area (Å²) >= 11 is 0. The predicted molar refractivity (Wildman–Crippen MR) is 57.4 cm³/mol. The summed E-state index contributed by atoms with van der Waals surface area (Å²) in [5.74, 6) is -3.63. The van der Waals surface area contributed by atoms with E-state index in [0.29, 0.717) is 0 Å². The van der Waals surface area contributed by atoms with E-state index in [4.69, 9.17) is 5.11 Å². The molecule has 0 heterocycles. The van der Waals surface area contributed by atoms with Gasteiger partial charge in [-0.3, -0.25) is 9.59 Å². The molecule has 0 aromatic rings. The second-order valence-corrected chi connectivity index (χ2v) is 3.09. The van der Waals surface area contributed by atoms with Gasteiger partial charge in [0, 0.05) is 12.2 Å². The van der Waals surface area contributed by atoms with Crippen molar-refractivity contribution in [2.75, 3.05) is 13.7 Å². The predicted octanol–water partition coefficient (Wildman–Crippen LogP) is -1.15. The number of carboxylic acids is 1. The minimum absolute atomic E-state index is 0.637. The third kappa shape index (κ3) is 6.99. The first-order valence-corrected chi connectivity index (χ1v) is 4.81. The zero-order valence-corrected chi connectivity index (χ0v) is 9.84. The van der Waals surface area contributed by atoms with Gasteiger partial charge in [0.2, 0.25) is 0 Å². The second kappa shape index (κ2) is 7.82. The van der Waals surface area contributed by atoms with Gasteiger partial charge in [0.1, 0.15) is 6.04 Å². The Bertz CT molecular complexity index is 374. The molecule has 18 heavy (non-hydrogen) atoms. The lowest BCUT2D eigenvalue weighted by Gasteiger charge is -2.08. The molecule has 100 valence electrons. The number of amides is 1. The van der Waals surface area contributed by atoms with E-state index >= 15 is 0 Å². The molecule has 2 N–H and O–H groups in total. The van der Waals surface area contributed by atoms with Gasteiger partial charge in [-0.25, -0.2) is 9.59 Å². The Balaban J connectivity index is 3.99. The molecular formula is C10H13NO7. The smallest absolute Gasteiger partial charge is 0.331 e. The van der Waals surface area contributed by atoms with Gasteiger partial charge in [0.25, 0.3) is 5.91 Å². The summed E-state index contributed by atoms with van der Waals surface area (Å²) in [7, 11) is 1.14. The van der Waals surface area contributed by atoms with E-state index in [9.17, 15) is 19.2 Å². The van der Waals surface area contributed by atoms with Gasteiger partial charge < -0.3 is 19.9 Å². The van der Waals surface area contributed by atoms with Crippen LogP contribution in [-0.4, -0.2) is 48.7 Å². The normalized spacial score (nSPS) is 11.7. The number of methoxy groups -OCH3 is 1. The van der Waals surface area contributed by atoms with Crippen molar-refractivity contribution in [1.82, 2.24) is 5.32 Å². The number of carbonyl (C=O) groups excluding carboxylic acids is 3. The molecule has 0 aromatic carbocycles. The van der Waals surface area contributed by atoms with Crippen LogP contribution in [0.2, 0.25) is 0 Å². The zero-order valence-electron chi connectivity index (χ0n) is 9.84. The first-order chi connectivity index (χ1) is 8.36. The molecule has 8 heteroatoms. The minimum Gasteiger partial charge on any atom is -0.480 e. The minimum atomic E-state index is -1.21. The highest BCUT2D eigenvalue weighted by atomic mass is 16.5. The lowest BCUT2D eigenvalue weighted by Crippen LogP contribution is -2.40. The summed E-state index contributed by atoms with van der Waals surface area (Å²) in [5, 5.41) is 10.6. The number of hydrogen-bond acceptors (Lipinski definition) is 6. The number of carboxylic acid groups (broad SMARTS) is 1. The van der Waals surface area contributed by atoms with Crippen LogP contribution in [0, 0.1) is 0 Å². The molecule has 0 saturated carbocycles. The largest absolute Gasteiger partial charge is 0.480 e. The molecule has 1 unspecified atom stereocenters. The Hall–Kier alpha value is -2.38. The highest BCUT2D eigenvalue weighted by molar-refractivity contribution is 5.92. The first kappa shape index (κ1) is 15.6. The maximum atomic E-state index is 11.1. The van der Waals surface area contributed by atoms with E-state index in [0.717, 1.165) is 19.3 Å². The Morgan fingerprint density at radius 2 is 1.78 bits per heavy atom. The van der Waals surface area contributed by atoms with Crippen LogP contribution >= 0.6 is 0 Å². The summed E-state index contributed by atoms with van der Waals surface area (Å²) in [6.45, 7) is 0.626. The number of carbonyl (C=O) groups is 4. The molecule has 0 aliphatic carbocycles. The van der Waals surface area contributed by atoms with Crippen molar-refractivity contribution in [1.29, 1.82) is 0 Å². The molecule has 0 aromatic heterocycles. The Morgan fingerprint density at radius 3 is 2.28 bits per heavy atom. The molecule has 0 rings (SSSR count). The van der Waals surface area contributed by atoms with E-state index < -0.39 is 36.5 Å². The Labute approximate surface area is 103 Å². The molecule has 8 nitrogen and oxygen atoms in total. The van der Waals surface area contributed by atoms with Crippen LogP contribution in [0.25, 0.3) is 0 Å². The molecule has 0 bridgehead atoms. The highest BCUT2D eigenvalue weighted by Crippen LogP contribution is 1.86. The van der Waals surface area contributed by atoms with Gasteiger partial charge in [-0.05, 0) is 6.92 Å². The summed E-state index contributed by atoms with van der Waals surface area (Å²) in [6.07, 6.45) is 1.62. The van der Waals surface area contributed by atoms with E-state index in [1.807, 2.05) is 0 Å². The molecule has 0 fully saturated rings. The fourth-order valence-electron chi connectivity index (χ4n) is 0.734. The maximum Gasteiger partial charge on any atom is 0.331 e. The summed E-state index contributed by atoms with van der Waals surface area (Å²) in [5.41, 5.74) is 0. The van der Waals surface area contributed by atoms with Crippen LogP contribution in [0.1, 0.15) is 6.92 Å². The molecule has 1 atom stereocenters. The lowest BCUT2D eigenvalue weighted by atomic mass is 10.3. The second-order valence-electron chi connectivity index (χ2n) is 3.09. The fraction of sp³-hybridized carbons (Fsp3) is 0.400. The fourth-order valence-corrected chi connectivity index (χ4v) is 0.734. The Kier molecular flexibility index (Phi) is 6.79. The summed E-state index contributed by atoms with van der Waals surface area (Å²) in [6, 6.07) is -1.08. The standard InChI is InChI=1S/C10H13NO7/c1-6(10(15)16)11-7(12)5-18-9(14)4-3-8(13)17-2/h3-4,6H,5H2,1-2H3,(H,11,12)(H,15,16). The lowest BCUT2D eigenvalue weighted by molar-refractivity contribution is -0.146. The SMILES string of the molecule is COC(=O)C=CC(=O)OCC(=O)NC(C)C(=O)O. The summed E-state index contributed by atoms with van der Waals surface area (Å²) < 4.78 is 8.67. The number of ether oxygens (including phenoxy) is 2. The molecule has 0 saturated heterocycles. The Morgan fingerprint density at radius 1 is 1.22 bits per heavy atom. The van der Waals surface area contributed by atoms with E-state index in [-0.39, 0.29) is 0 Å². The van der Waals surface area contributed by atoms with Gasteiger partial charge in [-0.15, -0.1) is 0 Å². The molecule has 0 radical (unpaired) electrons. The van der Waals surface area contributed by atoms with Crippen molar-refractivity contribution < 1.29 is 33.8 Å². The van der Waals surface area contributed by atoms with Gasteiger partial charge in [-0.2, -0.15) is 0 Å². The number of nitrogens with one attached hydrogen (secondary N) is 1. The van der Waals surface area contributed by atoms with Gasteiger partial charge in [0.05, 0.1) is 7.11 Å². The third-order valence-corrected chi connectivity index (χ3v) is 1.65. The van der Waals surface area contributed by atoms with Crippen LogP contribution in [0.3, 0.4) is 0 Å². The van der Waals surface area contributed by atoms with Crippen LogP contribution < -0.4 is 5.32 Å². The van der Waals surface area contributed by atoms with Gasteiger partial charge in [-0.1, -0.05) is 0 Å². The zero-order chi connectivity index (χ0) is 14.1. The molecule has 0 aliphatic heterocycles. The van der Waals surface area contributed by atoms with Crippen LogP contribution in [0.5, 0.6) is 0 Å². The van der Waals surface area contributed by atoms with Crippen LogP contribution in [0.4, 0.5) is 0 Å². The molecule has 0 spiro atoms. The molecular weight excluding hydrogens is 246 g/mol. The number of aliphatic carboxylic acids is 1. The van der Waals surface area contributed by atoms with Gasteiger partial charge >= 0.3 is 17.9 Å². The van der Waals surface area contributed by atoms with Crippen LogP contribution in [-0.2, 0) is 28.7 Å². The maximum absolute atomic E-state index is 11.1. The average molecular weight is 259 g/mol. The third-order valence-electron chi connectivity index (χ3n) is 1.65. The first-order valence-electron chi connectivity index (χ1n) is 4.81. The van der Waals surface area contributed by atoms with E-state index in [1.54, 1.807) is 0 Å². The van der Waals surface area contributed by atoms with Crippen molar-refractivity contribution in [3.8, 4) is 0 Å². The monoisotopic (exact) mass is 259 g/mol. The molecule has 0 aliphatic rings. The van der Waals surface area contributed by atoms with Crippen molar-refractivity contribution in [2.24, 2.45) is 0 Å². The van der Waals surface area contributed by atoms with Crippen molar-refractivity contribution in [2.45, 2.75) is 13.0 Å². The van der Waals surface area contributed by atoms with Crippen molar-refractivity contribution >= 4 is 23.8 Å². The number of esters is 2. The van der Waals surface area contributed by atoms with E-state index in [2.05, 4.69) is 14.8 Å². The van der Waals surface area contributed by atoms with Crippen molar-refractivity contribution in [3.63, 3.8) is 0 Å². The summed E-state index contributed by atoms with van der Waals surface area (Å²) in [4.78, 5) is 43.1. The quantitative estimate of drug-likeness (QED) is 0.456. The number of hydrogen-bond donors (Lipinski definition) is 2. The number of rotatable bonds is 6. The highest BCUT2D eigenvalue weighted by Gasteiger charge is 2.14. The van der Waals surface area contributed by atoms with E-state index in [1.165, 1.54) is 6.92 Å². The van der Waals surface area contributed by atoms with Crippen LogP contribution in [0.15, 0.2) is 12.2 Å². The van der Waals surface area contributed by atoms with Gasteiger partial charge in [0.15, 0.2) is 6.61 Å².